The van der Waals surface area contributed by atoms with E-state index in [4.69, 9.17) is 5.73 Å². The van der Waals surface area contributed by atoms with Gasteiger partial charge in [0.15, 0.2) is 0 Å². The van der Waals surface area contributed by atoms with E-state index in [1.54, 1.807) is 0 Å². The molecule has 1 aliphatic rings. The van der Waals surface area contributed by atoms with E-state index < -0.39 is 0 Å². The zero-order valence-corrected chi connectivity index (χ0v) is 12.1. The molecule has 1 aromatic rings. The third-order valence-corrected chi connectivity index (χ3v) is 4.20. The molecule has 0 amide bonds. The summed E-state index contributed by atoms with van der Waals surface area (Å²) in [7, 11) is 0. The van der Waals surface area contributed by atoms with E-state index in [0.29, 0.717) is 5.41 Å². The van der Waals surface area contributed by atoms with Crippen LogP contribution >= 0.6 is 0 Å². The van der Waals surface area contributed by atoms with E-state index in [1.807, 2.05) is 6.92 Å². The van der Waals surface area contributed by atoms with Crippen molar-refractivity contribution in [3.8, 4) is 0 Å². The van der Waals surface area contributed by atoms with Crippen molar-refractivity contribution < 1.29 is 0 Å². The Labute approximate surface area is 111 Å². The highest BCUT2D eigenvalue weighted by atomic mass is 15.2. The summed E-state index contributed by atoms with van der Waals surface area (Å²) in [6.07, 6.45) is 1.30. The van der Waals surface area contributed by atoms with Crippen LogP contribution in [0.1, 0.15) is 45.7 Å². The van der Waals surface area contributed by atoms with E-state index in [9.17, 15) is 0 Å². The Morgan fingerprint density at radius 3 is 2.28 bits per heavy atom. The molecule has 0 radical (unpaired) electrons. The van der Waals surface area contributed by atoms with Gasteiger partial charge in [0, 0.05) is 24.8 Å². The third kappa shape index (κ3) is 2.86. The molecule has 1 fully saturated rings. The summed E-state index contributed by atoms with van der Waals surface area (Å²) in [5.41, 5.74) is 8.85. The average Bonchev–Trinajstić information content (AvgIpc) is 2.78. The molecule has 0 spiro atoms. The van der Waals surface area contributed by atoms with Crippen LogP contribution in [-0.4, -0.2) is 13.1 Å². The van der Waals surface area contributed by atoms with Crippen LogP contribution in [0.15, 0.2) is 24.3 Å². The monoisotopic (exact) mass is 246 g/mol. The van der Waals surface area contributed by atoms with Gasteiger partial charge in [-0.2, -0.15) is 0 Å². The maximum absolute atomic E-state index is 5.88. The first-order valence-corrected chi connectivity index (χ1v) is 6.98. The minimum Gasteiger partial charge on any atom is -0.371 e. The van der Waals surface area contributed by atoms with Gasteiger partial charge >= 0.3 is 0 Å². The molecule has 2 nitrogen and oxygen atoms in total. The molecular weight excluding hydrogens is 220 g/mol. The van der Waals surface area contributed by atoms with Crippen molar-refractivity contribution in [2.75, 3.05) is 18.0 Å². The topological polar surface area (TPSA) is 29.3 Å². The number of hydrogen-bond acceptors (Lipinski definition) is 2. The van der Waals surface area contributed by atoms with Gasteiger partial charge in [0.05, 0.1) is 0 Å². The number of hydrogen-bond donors (Lipinski definition) is 1. The molecule has 2 heteroatoms. The van der Waals surface area contributed by atoms with Crippen molar-refractivity contribution in [3.63, 3.8) is 0 Å². The van der Waals surface area contributed by atoms with Crippen molar-refractivity contribution in [1.29, 1.82) is 0 Å². The number of nitrogens with two attached hydrogens (primary N) is 1. The number of rotatable bonds is 2. The summed E-state index contributed by atoms with van der Waals surface area (Å²) in [6, 6.07) is 8.86. The number of nitrogens with zero attached hydrogens (tertiary/aromatic N) is 1. The van der Waals surface area contributed by atoms with Gasteiger partial charge in [-0.1, -0.05) is 32.9 Å². The van der Waals surface area contributed by atoms with Crippen molar-refractivity contribution in [2.45, 2.75) is 40.2 Å². The second kappa shape index (κ2) is 4.93. The Balaban J connectivity index is 2.05. The van der Waals surface area contributed by atoms with Gasteiger partial charge in [-0.15, -0.1) is 0 Å². The second-order valence-corrected chi connectivity index (χ2v) is 6.68. The van der Waals surface area contributed by atoms with E-state index in [0.717, 1.165) is 5.92 Å². The fourth-order valence-corrected chi connectivity index (χ4v) is 2.69. The average molecular weight is 246 g/mol. The Morgan fingerprint density at radius 2 is 1.83 bits per heavy atom. The van der Waals surface area contributed by atoms with Crippen LogP contribution in [0, 0.1) is 11.3 Å². The molecule has 0 aliphatic carbocycles. The molecule has 1 heterocycles. The molecule has 100 valence electrons. The summed E-state index contributed by atoms with van der Waals surface area (Å²) in [5, 5.41) is 0. The van der Waals surface area contributed by atoms with Gasteiger partial charge in [0.1, 0.15) is 0 Å². The molecule has 0 aromatic heterocycles. The van der Waals surface area contributed by atoms with Crippen molar-refractivity contribution >= 4 is 5.69 Å². The van der Waals surface area contributed by atoms with Crippen molar-refractivity contribution in [3.05, 3.63) is 29.8 Å². The highest BCUT2D eigenvalue weighted by Crippen LogP contribution is 2.35. The third-order valence-electron chi connectivity index (χ3n) is 4.20. The Bertz CT molecular complexity index is 387. The lowest BCUT2D eigenvalue weighted by molar-refractivity contribution is 0.263. The Morgan fingerprint density at radius 1 is 1.22 bits per heavy atom. The molecule has 2 unspecified atom stereocenters. The van der Waals surface area contributed by atoms with E-state index in [1.165, 1.54) is 30.8 Å². The summed E-state index contributed by atoms with van der Waals surface area (Å²) in [4.78, 5) is 2.50. The predicted molar refractivity (Wildman–Crippen MR) is 78.8 cm³/mol. The maximum atomic E-state index is 5.88. The predicted octanol–water partition coefficient (Wildman–Crippen LogP) is 3.58. The van der Waals surface area contributed by atoms with Crippen molar-refractivity contribution in [2.24, 2.45) is 17.1 Å². The van der Waals surface area contributed by atoms with Gasteiger partial charge in [-0.3, -0.25) is 0 Å². The van der Waals surface area contributed by atoms with Crippen LogP contribution in [0.25, 0.3) is 0 Å². The van der Waals surface area contributed by atoms with E-state index in [2.05, 4.69) is 49.9 Å². The van der Waals surface area contributed by atoms with Gasteiger partial charge in [-0.05, 0) is 42.4 Å². The van der Waals surface area contributed by atoms with Gasteiger partial charge in [0.2, 0.25) is 0 Å². The van der Waals surface area contributed by atoms with Crippen LogP contribution in [-0.2, 0) is 0 Å². The van der Waals surface area contributed by atoms with Gasteiger partial charge in [0.25, 0.3) is 0 Å². The first-order chi connectivity index (χ1) is 8.38. The summed E-state index contributed by atoms with van der Waals surface area (Å²) in [5.74, 6) is 0.797. The summed E-state index contributed by atoms with van der Waals surface area (Å²) < 4.78 is 0. The van der Waals surface area contributed by atoms with Gasteiger partial charge in [-0.25, -0.2) is 0 Å². The molecule has 2 rings (SSSR count). The van der Waals surface area contributed by atoms with Gasteiger partial charge < -0.3 is 10.6 Å². The zero-order valence-electron chi connectivity index (χ0n) is 12.1. The van der Waals surface area contributed by atoms with Crippen LogP contribution < -0.4 is 10.6 Å². The second-order valence-electron chi connectivity index (χ2n) is 6.68. The smallest absolute Gasteiger partial charge is 0.0366 e. The van der Waals surface area contributed by atoms with Crippen LogP contribution in [0.3, 0.4) is 0 Å². The lowest BCUT2D eigenvalue weighted by Crippen LogP contribution is -2.25. The number of benzene rings is 1. The molecule has 2 N–H and O–H groups in total. The van der Waals surface area contributed by atoms with Crippen molar-refractivity contribution in [1.82, 2.24) is 0 Å². The first kappa shape index (κ1) is 13.4. The highest BCUT2D eigenvalue weighted by Gasteiger charge is 2.31. The molecule has 1 aromatic carbocycles. The SMILES string of the molecule is CC(N)c1ccc(N2CCC(C(C)(C)C)C2)cc1. The lowest BCUT2D eigenvalue weighted by Gasteiger charge is -2.27. The maximum Gasteiger partial charge on any atom is 0.0366 e. The van der Waals surface area contributed by atoms with E-state index in [-0.39, 0.29) is 6.04 Å². The molecule has 1 aliphatic heterocycles. The fourth-order valence-electron chi connectivity index (χ4n) is 2.69. The normalized spacial score (nSPS) is 22.3. The quantitative estimate of drug-likeness (QED) is 0.864. The Kier molecular flexibility index (Phi) is 3.67. The molecular formula is C16H26N2. The van der Waals surface area contributed by atoms with E-state index >= 15 is 0 Å². The minimum absolute atomic E-state index is 0.125. The first-order valence-electron chi connectivity index (χ1n) is 6.98. The molecule has 18 heavy (non-hydrogen) atoms. The highest BCUT2D eigenvalue weighted by molar-refractivity contribution is 5.49. The van der Waals surface area contributed by atoms with Crippen LogP contribution in [0.5, 0.6) is 0 Å². The fraction of sp³-hybridized carbons (Fsp3) is 0.625. The van der Waals surface area contributed by atoms with Crippen LogP contribution in [0.2, 0.25) is 0 Å². The molecule has 2 atom stereocenters. The summed E-state index contributed by atoms with van der Waals surface area (Å²) >= 11 is 0. The largest absolute Gasteiger partial charge is 0.371 e. The zero-order chi connectivity index (χ0) is 13.3. The lowest BCUT2D eigenvalue weighted by atomic mass is 9.80. The molecule has 0 bridgehead atoms. The number of anilines is 1. The summed E-state index contributed by atoms with van der Waals surface area (Å²) in [6.45, 7) is 11.4. The standard InChI is InChI=1S/C16H26N2/c1-12(17)13-5-7-15(8-6-13)18-10-9-14(11-18)16(2,3)4/h5-8,12,14H,9-11,17H2,1-4H3. The van der Waals surface area contributed by atoms with Crippen LogP contribution in [0.4, 0.5) is 5.69 Å². The minimum atomic E-state index is 0.125. The molecule has 1 saturated heterocycles. The molecule has 0 saturated carbocycles. The Hall–Kier alpha value is -1.02.